The molecule has 0 spiro atoms. The van der Waals surface area contributed by atoms with Crippen LogP contribution in [0, 0.1) is 0 Å². The average molecular weight is 536 g/mol. The van der Waals surface area contributed by atoms with Crippen molar-refractivity contribution >= 4 is 28.9 Å². The van der Waals surface area contributed by atoms with Gasteiger partial charge in [0, 0.05) is 26.2 Å². The van der Waals surface area contributed by atoms with E-state index in [1.165, 1.54) is 4.90 Å². The molecule has 1 aliphatic heterocycles. The number of aryl methyl sites for hydroxylation is 2. The summed E-state index contributed by atoms with van der Waals surface area (Å²) in [5.41, 5.74) is 9.02. The van der Waals surface area contributed by atoms with E-state index < -0.39 is 23.8 Å². The molecule has 1 saturated heterocycles. The van der Waals surface area contributed by atoms with E-state index in [0.29, 0.717) is 19.3 Å². The lowest BCUT2D eigenvalue weighted by Gasteiger charge is -2.29. The second-order valence-corrected chi connectivity index (χ2v) is 11.0. The molecule has 11 nitrogen and oxygen atoms in total. The largest absolute Gasteiger partial charge is 0.444 e. The molecule has 3 amide bonds. The van der Waals surface area contributed by atoms with E-state index in [9.17, 15) is 14.4 Å². The van der Waals surface area contributed by atoms with Gasteiger partial charge in [-0.3, -0.25) is 9.59 Å². The molecule has 0 bridgehead atoms. The van der Waals surface area contributed by atoms with Crippen molar-refractivity contribution in [2.45, 2.75) is 70.3 Å². The lowest BCUT2D eigenvalue weighted by atomic mass is 10.0. The molecule has 3 aromatic rings. The number of nitrogens with one attached hydrogen (secondary N) is 2. The topological polar surface area (TPSA) is 144 Å². The van der Waals surface area contributed by atoms with Crippen molar-refractivity contribution in [2.75, 3.05) is 6.54 Å². The summed E-state index contributed by atoms with van der Waals surface area (Å²) in [5.74, 6) is -0.652. The minimum Gasteiger partial charge on any atom is -0.444 e. The second kappa shape index (κ2) is 11.8. The van der Waals surface area contributed by atoms with Crippen LogP contribution in [0.1, 0.15) is 44.7 Å². The summed E-state index contributed by atoms with van der Waals surface area (Å²) >= 11 is 0. The second-order valence-electron chi connectivity index (χ2n) is 11.0. The Labute approximate surface area is 228 Å². The SMILES string of the molecule is Cn1nnc2cc(CNC(=O)[C@@H]3CC(N)CN3C(=O)[C@@H](CCc3ccccc3)NC(=O)OC(C)(C)C)ccc21. The average Bonchev–Trinajstić information content (AvgIpc) is 3.46. The highest BCUT2D eigenvalue weighted by molar-refractivity contribution is 5.92. The first-order valence-corrected chi connectivity index (χ1v) is 13.2. The van der Waals surface area contributed by atoms with Crippen molar-refractivity contribution in [3.8, 4) is 0 Å². The van der Waals surface area contributed by atoms with Crippen LogP contribution >= 0.6 is 0 Å². The number of aromatic nitrogens is 3. The number of ether oxygens (including phenoxy) is 1. The molecule has 1 aromatic heterocycles. The molecule has 2 aromatic carbocycles. The lowest BCUT2D eigenvalue weighted by molar-refractivity contribution is -0.140. The number of carbonyl (C=O) groups excluding carboxylic acids is 3. The number of carbonyl (C=O) groups is 3. The van der Waals surface area contributed by atoms with Gasteiger partial charge in [0.1, 0.15) is 23.2 Å². The predicted octanol–water partition coefficient (Wildman–Crippen LogP) is 2.04. The van der Waals surface area contributed by atoms with Crippen molar-refractivity contribution in [3.63, 3.8) is 0 Å². The Kier molecular flexibility index (Phi) is 8.49. The molecule has 39 heavy (non-hydrogen) atoms. The van der Waals surface area contributed by atoms with E-state index >= 15 is 0 Å². The maximum atomic E-state index is 13.8. The summed E-state index contributed by atoms with van der Waals surface area (Å²) in [6, 6.07) is 13.4. The third-order valence-electron chi connectivity index (χ3n) is 6.61. The van der Waals surface area contributed by atoms with Crippen molar-refractivity contribution < 1.29 is 19.1 Å². The molecule has 0 aliphatic carbocycles. The van der Waals surface area contributed by atoms with Crippen molar-refractivity contribution in [2.24, 2.45) is 12.8 Å². The van der Waals surface area contributed by atoms with E-state index in [1.54, 1.807) is 25.5 Å². The van der Waals surface area contributed by atoms with Gasteiger partial charge in [0.15, 0.2) is 0 Å². The number of rotatable bonds is 8. The van der Waals surface area contributed by atoms with Crippen LogP contribution < -0.4 is 16.4 Å². The number of hydrogen-bond acceptors (Lipinski definition) is 7. The molecule has 11 heteroatoms. The molecule has 4 rings (SSSR count). The minimum atomic E-state index is -0.875. The molecule has 1 unspecified atom stereocenters. The molecule has 208 valence electrons. The highest BCUT2D eigenvalue weighted by atomic mass is 16.6. The highest BCUT2D eigenvalue weighted by Gasteiger charge is 2.41. The summed E-state index contributed by atoms with van der Waals surface area (Å²) < 4.78 is 7.09. The number of benzene rings is 2. The molecular formula is C28H37N7O4. The Morgan fingerprint density at radius 3 is 2.59 bits per heavy atom. The number of hydrogen-bond donors (Lipinski definition) is 3. The molecule has 0 radical (unpaired) electrons. The minimum absolute atomic E-state index is 0.223. The van der Waals surface area contributed by atoms with Gasteiger partial charge in [-0.25, -0.2) is 9.48 Å². The third-order valence-corrected chi connectivity index (χ3v) is 6.61. The fourth-order valence-corrected chi connectivity index (χ4v) is 4.73. The Morgan fingerprint density at radius 2 is 1.87 bits per heavy atom. The number of nitrogens with zero attached hydrogens (tertiary/aromatic N) is 4. The molecule has 1 fully saturated rings. The number of fused-ring (bicyclic) bond motifs is 1. The summed E-state index contributed by atoms with van der Waals surface area (Å²) in [4.78, 5) is 41.1. The van der Waals surface area contributed by atoms with E-state index in [4.69, 9.17) is 10.5 Å². The van der Waals surface area contributed by atoms with Crippen LogP contribution in [0.5, 0.6) is 0 Å². The van der Waals surface area contributed by atoms with Crippen LogP contribution in [0.2, 0.25) is 0 Å². The van der Waals surface area contributed by atoms with Gasteiger partial charge in [-0.05, 0) is 63.3 Å². The van der Waals surface area contributed by atoms with Crippen LogP contribution in [0.4, 0.5) is 4.79 Å². The highest BCUT2D eigenvalue weighted by Crippen LogP contribution is 2.21. The molecule has 2 heterocycles. The first-order chi connectivity index (χ1) is 18.5. The van der Waals surface area contributed by atoms with E-state index in [1.807, 2.05) is 55.6 Å². The smallest absolute Gasteiger partial charge is 0.408 e. The summed E-state index contributed by atoms with van der Waals surface area (Å²) in [6.45, 7) is 5.77. The van der Waals surface area contributed by atoms with E-state index in [0.717, 1.165) is 22.2 Å². The van der Waals surface area contributed by atoms with Gasteiger partial charge in [-0.2, -0.15) is 0 Å². The number of nitrogens with two attached hydrogens (primary N) is 1. The maximum Gasteiger partial charge on any atom is 0.408 e. The Bertz CT molecular complexity index is 1320. The van der Waals surface area contributed by atoms with Crippen LogP contribution in [-0.4, -0.2) is 68.1 Å². The summed E-state index contributed by atoms with van der Waals surface area (Å²) in [5, 5.41) is 13.8. The van der Waals surface area contributed by atoms with Gasteiger partial charge in [-0.1, -0.05) is 41.6 Å². The lowest BCUT2D eigenvalue weighted by Crippen LogP contribution is -2.54. The quantitative estimate of drug-likeness (QED) is 0.400. The first kappa shape index (κ1) is 28.0. The van der Waals surface area contributed by atoms with Gasteiger partial charge in [0.2, 0.25) is 11.8 Å². The summed E-state index contributed by atoms with van der Waals surface area (Å²) in [6.07, 6.45) is 0.561. The van der Waals surface area contributed by atoms with Gasteiger partial charge in [0.05, 0.1) is 5.52 Å². The first-order valence-electron chi connectivity index (χ1n) is 13.2. The molecule has 4 N–H and O–H groups in total. The summed E-state index contributed by atoms with van der Waals surface area (Å²) in [7, 11) is 1.82. The van der Waals surface area contributed by atoms with Gasteiger partial charge >= 0.3 is 6.09 Å². The van der Waals surface area contributed by atoms with Crippen LogP contribution in [0.25, 0.3) is 11.0 Å². The molecular weight excluding hydrogens is 498 g/mol. The normalized spacial score (nSPS) is 18.1. The zero-order valence-electron chi connectivity index (χ0n) is 22.9. The Balaban J connectivity index is 1.45. The van der Waals surface area contributed by atoms with Crippen LogP contribution in [0.3, 0.4) is 0 Å². The van der Waals surface area contributed by atoms with E-state index in [2.05, 4.69) is 20.9 Å². The third kappa shape index (κ3) is 7.32. The van der Waals surface area contributed by atoms with Gasteiger partial charge in [0.25, 0.3) is 0 Å². The van der Waals surface area contributed by atoms with Gasteiger partial charge < -0.3 is 26.0 Å². The zero-order valence-corrected chi connectivity index (χ0v) is 22.9. The van der Waals surface area contributed by atoms with Gasteiger partial charge in [-0.15, -0.1) is 5.10 Å². The van der Waals surface area contributed by atoms with E-state index in [-0.39, 0.29) is 30.9 Å². The fraction of sp³-hybridized carbons (Fsp3) is 0.464. The standard InChI is InChI=1S/C28H37N7O4/c1-28(2,3)39-27(38)31-21(12-10-18-8-6-5-7-9-18)26(37)35-17-20(29)15-24(35)25(36)30-16-19-11-13-23-22(14-19)32-33-34(23)4/h5-9,11,13-14,20-21,24H,10,12,15-17,29H2,1-4H3,(H,30,36)(H,31,38)/t20?,21-,24+/m1/s1. The van der Waals surface area contributed by atoms with Crippen LogP contribution in [-0.2, 0) is 34.3 Å². The fourth-order valence-electron chi connectivity index (χ4n) is 4.73. The van der Waals surface area contributed by atoms with Crippen LogP contribution in [0.15, 0.2) is 48.5 Å². The number of alkyl carbamates (subject to hydrolysis) is 1. The van der Waals surface area contributed by atoms with Crippen molar-refractivity contribution in [1.82, 2.24) is 30.5 Å². The predicted molar refractivity (Wildman–Crippen MR) is 146 cm³/mol. The maximum absolute atomic E-state index is 13.8. The zero-order chi connectivity index (χ0) is 28.2. The van der Waals surface area contributed by atoms with Crippen molar-refractivity contribution in [3.05, 3.63) is 59.7 Å². The Morgan fingerprint density at radius 1 is 1.13 bits per heavy atom. The van der Waals surface area contributed by atoms with Crippen molar-refractivity contribution in [1.29, 1.82) is 0 Å². The molecule has 3 atom stereocenters. The Hall–Kier alpha value is -3.99. The molecule has 1 aliphatic rings. The monoisotopic (exact) mass is 535 g/mol. The number of likely N-dealkylation sites (tertiary alicyclic amines) is 1. The molecule has 0 saturated carbocycles. The number of amides is 3.